The summed E-state index contributed by atoms with van der Waals surface area (Å²) in [6.07, 6.45) is -1.61. The van der Waals surface area contributed by atoms with Crippen LogP contribution in [0, 0.1) is 5.82 Å². The first-order valence-electron chi connectivity index (χ1n) is 9.62. The Hall–Kier alpha value is -2.88. The highest BCUT2D eigenvalue weighted by atomic mass is 35.5. The zero-order valence-electron chi connectivity index (χ0n) is 16.2. The average Bonchev–Trinajstić information content (AvgIpc) is 3.33. The van der Waals surface area contributed by atoms with Crippen molar-refractivity contribution in [1.82, 2.24) is 19.6 Å². The van der Waals surface area contributed by atoms with Crippen LogP contribution in [0.4, 0.5) is 23.4 Å². The molecule has 1 aliphatic rings. The van der Waals surface area contributed by atoms with Crippen molar-refractivity contribution in [3.63, 3.8) is 0 Å². The van der Waals surface area contributed by atoms with E-state index < -0.39 is 17.8 Å². The number of carbonyl (C=O) groups is 1. The molecule has 31 heavy (non-hydrogen) atoms. The van der Waals surface area contributed by atoms with Crippen LogP contribution < -0.4 is 5.32 Å². The van der Waals surface area contributed by atoms with E-state index in [1.165, 1.54) is 16.8 Å². The molecule has 11 heteroatoms. The molecule has 0 aliphatic heterocycles. The van der Waals surface area contributed by atoms with E-state index in [0.29, 0.717) is 23.6 Å². The zero-order valence-corrected chi connectivity index (χ0v) is 16.9. The predicted molar refractivity (Wildman–Crippen MR) is 105 cm³/mol. The number of anilines is 1. The number of carbonyl (C=O) groups excluding carboxylic acids is 1. The van der Waals surface area contributed by atoms with Crippen molar-refractivity contribution in [3.05, 3.63) is 64.3 Å². The summed E-state index contributed by atoms with van der Waals surface area (Å²) in [7, 11) is 0. The molecule has 0 radical (unpaired) electrons. The Morgan fingerprint density at radius 2 is 2.00 bits per heavy atom. The highest BCUT2D eigenvalue weighted by Gasteiger charge is 2.42. The minimum absolute atomic E-state index is 0.0303. The topological polar surface area (TPSA) is 64.7 Å². The fourth-order valence-electron chi connectivity index (χ4n) is 3.30. The first-order chi connectivity index (χ1) is 14.7. The van der Waals surface area contributed by atoms with Gasteiger partial charge < -0.3 is 5.32 Å². The van der Waals surface area contributed by atoms with Gasteiger partial charge >= 0.3 is 6.18 Å². The van der Waals surface area contributed by atoms with Gasteiger partial charge in [0.15, 0.2) is 11.5 Å². The van der Waals surface area contributed by atoms with Crippen LogP contribution in [0.25, 0.3) is 0 Å². The van der Waals surface area contributed by atoms with Crippen LogP contribution in [0.3, 0.4) is 0 Å². The van der Waals surface area contributed by atoms with Crippen LogP contribution in [-0.2, 0) is 24.1 Å². The molecule has 4 rings (SSSR count). The molecule has 2 aromatic heterocycles. The lowest BCUT2D eigenvalue weighted by Crippen LogP contribution is -2.17. The molecule has 3 aromatic rings. The molecule has 6 nitrogen and oxygen atoms in total. The van der Waals surface area contributed by atoms with E-state index in [1.54, 1.807) is 29.1 Å². The van der Waals surface area contributed by atoms with E-state index in [2.05, 4.69) is 15.5 Å². The summed E-state index contributed by atoms with van der Waals surface area (Å²) in [5, 5.41) is 10.0. The summed E-state index contributed by atoms with van der Waals surface area (Å²) in [4.78, 5) is 12.3. The van der Waals surface area contributed by atoms with E-state index in [-0.39, 0.29) is 29.7 Å². The molecule has 0 atom stereocenters. The lowest BCUT2D eigenvalue weighted by atomic mass is 10.2. The number of hydrogen-bond donors (Lipinski definition) is 1. The van der Waals surface area contributed by atoms with Gasteiger partial charge in [0.2, 0.25) is 5.91 Å². The summed E-state index contributed by atoms with van der Waals surface area (Å²) in [6.45, 7) is 0.294. The summed E-state index contributed by atoms with van der Waals surface area (Å²) in [6, 6.07) is 7.67. The van der Waals surface area contributed by atoms with Gasteiger partial charge in [-0.15, -0.1) is 0 Å². The number of alkyl halides is 3. The molecule has 164 valence electrons. The van der Waals surface area contributed by atoms with Crippen molar-refractivity contribution in [2.45, 2.75) is 44.4 Å². The molecular weight excluding hydrogens is 438 g/mol. The second-order valence-electron chi connectivity index (χ2n) is 7.37. The smallest absolute Gasteiger partial charge is 0.309 e. The van der Waals surface area contributed by atoms with Gasteiger partial charge in [0, 0.05) is 24.6 Å². The number of amides is 1. The number of hydrogen-bond acceptors (Lipinski definition) is 3. The van der Waals surface area contributed by atoms with E-state index >= 15 is 0 Å². The van der Waals surface area contributed by atoms with Crippen molar-refractivity contribution >= 4 is 23.3 Å². The maximum atomic E-state index is 13.3. The highest BCUT2D eigenvalue weighted by molar-refractivity contribution is 6.32. The van der Waals surface area contributed by atoms with Gasteiger partial charge in [-0.2, -0.15) is 23.4 Å². The van der Waals surface area contributed by atoms with Gasteiger partial charge in [0.05, 0.1) is 23.8 Å². The normalized spacial score (nSPS) is 14.1. The number of benzene rings is 1. The van der Waals surface area contributed by atoms with E-state index in [9.17, 15) is 22.4 Å². The summed E-state index contributed by atoms with van der Waals surface area (Å²) in [5.74, 6) is -0.537. The number of nitrogens with zero attached hydrogens (tertiary/aromatic N) is 4. The fourth-order valence-corrected chi connectivity index (χ4v) is 3.70. The Balaban J connectivity index is 1.37. The fraction of sp³-hybridized carbons (Fsp3) is 0.350. The molecule has 1 aromatic carbocycles. The molecule has 0 spiro atoms. The maximum absolute atomic E-state index is 13.3. The molecule has 0 saturated heterocycles. The Bertz CT molecular complexity index is 1100. The second-order valence-corrected chi connectivity index (χ2v) is 7.75. The van der Waals surface area contributed by atoms with Gasteiger partial charge in [-0.25, -0.2) is 4.39 Å². The van der Waals surface area contributed by atoms with E-state index in [4.69, 9.17) is 11.6 Å². The van der Waals surface area contributed by atoms with Crippen molar-refractivity contribution in [3.8, 4) is 0 Å². The summed E-state index contributed by atoms with van der Waals surface area (Å²) < 4.78 is 55.4. The molecule has 0 bridgehead atoms. The van der Waals surface area contributed by atoms with Crippen LogP contribution in [-0.4, -0.2) is 25.5 Å². The van der Waals surface area contributed by atoms with Crippen LogP contribution >= 0.6 is 11.6 Å². The van der Waals surface area contributed by atoms with Crippen molar-refractivity contribution < 1.29 is 22.4 Å². The first-order valence-corrected chi connectivity index (χ1v) is 9.99. The van der Waals surface area contributed by atoms with Crippen LogP contribution in [0.5, 0.6) is 0 Å². The van der Waals surface area contributed by atoms with E-state index in [0.717, 1.165) is 12.8 Å². The van der Waals surface area contributed by atoms with Gasteiger partial charge in [-0.1, -0.05) is 23.7 Å². The number of aryl methyl sites for hydroxylation is 1. The van der Waals surface area contributed by atoms with E-state index in [1.807, 2.05) is 0 Å². The quantitative estimate of drug-likeness (QED) is 0.518. The molecule has 1 amide bonds. The third-order valence-corrected chi connectivity index (χ3v) is 5.23. The maximum Gasteiger partial charge on any atom is 0.436 e. The highest BCUT2D eigenvalue weighted by Crippen LogP contribution is 2.46. The number of rotatable bonds is 7. The summed E-state index contributed by atoms with van der Waals surface area (Å²) in [5.41, 5.74) is -0.0710. The second kappa shape index (κ2) is 8.33. The van der Waals surface area contributed by atoms with Crippen LogP contribution in [0.15, 0.2) is 36.5 Å². The molecule has 1 fully saturated rings. The lowest BCUT2D eigenvalue weighted by Gasteiger charge is -2.07. The molecule has 0 unspecified atom stereocenters. The minimum Gasteiger partial charge on any atom is -0.309 e. The molecule has 1 saturated carbocycles. The molecule has 1 N–H and O–H groups in total. The monoisotopic (exact) mass is 455 g/mol. The molecule has 2 heterocycles. The first kappa shape index (κ1) is 21.4. The number of nitrogens with one attached hydrogen (secondary N) is 1. The number of aromatic nitrogens is 4. The van der Waals surface area contributed by atoms with Gasteiger partial charge in [-0.05, 0) is 30.5 Å². The van der Waals surface area contributed by atoms with Gasteiger partial charge in [0.1, 0.15) is 5.82 Å². The Kier molecular flexibility index (Phi) is 5.74. The summed E-state index contributed by atoms with van der Waals surface area (Å²) >= 11 is 5.93. The Labute approximate surface area is 179 Å². The van der Waals surface area contributed by atoms with Crippen LogP contribution in [0.2, 0.25) is 5.02 Å². The van der Waals surface area contributed by atoms with Gasteiger partial charge in [0.25, 0.3) is 0 Å². The SMILES string of the molecule is O=C(CCn1nc(C(F)(F)F)c(Cl)c1C1CC1)Nc1ccn(Cc2cccc(F)c2)n1. The Morgan fingerprint density at radius 3 is 2.68 bits per heavy atom. The Morgan fingerprint density at radius 1 is 1.23 bits per heavy atom. The standard InChI is InChI=1S/C20H18ClF4N5O/c21-17-18(13-4-5-13)30(28-19(17)20(23,24)25)9-7-16(31)26-15-6-8-29(27-15)11-12-2-1-3-14(22)10-12/h1-3,6,8,10,13H,4-5,7,9,11H2,(H,26,27,31). The number of halogens is 5. The van der Waals surface area contributed by atoms with Crippen molar-refractivity contribution in [2.24, 2.45) is 0 Å². The largest absolute Gasteiger partial charge is 0.436 e. The van der Waals surface area contributed by atoms with Crippen molar-refractivity contribution in [2.75, 3.05) is 5.32 Å². The molecular formula is C20H18ClF4N5O. The minimum atomic E-state index is -4.65. The third-order valence-electron chi connectivity index (χ3n) is 4.86. The zero-order chi connectivity index (χ0) is 22.2. The van der Waals surface area contributed by atoms with Gasteiger partial charge in [-0.3, -0.25) is 14.2 Å². The third kappa shape index (κ3) is 5.07. The van der Waals surface area contributed by atoms with Crippen LogP contribution in [0.1, 0.15) is 42.1 Å². The molecule has 1 aliphatic carbocycles. The predicted octanol–water partition coefficient (Wildman–Crippen LogP) is 4.85. The lowest BCUT2D eigenvalue weighted by molar-refractivity contribution is -0.141. The van der Waals surface area contributed by atoms with Crippen molar-refractivity contribution in [1.29, 1.82) is 0 Å². The average molecular weight is 456 g/mol.